The Labute approximate surface area is 143 Å². The lowest BCUT2D eigenvalue weighted by Crippen LogP contribution is -2.43. The van der Waals surface area contributed by atoms with Gasteiger partial charge in [0, 0.05) is 32.5 Å². The summed E-state index contributed by atoms with van der Waals surface area (Å²) >= 11 is 0. The molecule has 1 aliphatic rings. The summed E-state index contributed by atoms with van der Waals surface area (Å²) in [4.78, 5) is 39.5. The molecular weight excluding hydrogens is 320 g/mol. The zero-order valence-corrected chi connectivity index (χ0v) is 13.9. The number of carbonyl (C=O) groups excluding carboxylic acids is 1. The van der Waals surface area contributed by atoms with Crippen molar-refractivity contribution >= 4 is 17.1 Å². The summed E-state index contributed by atoms with van der Waals surface area (Å²) < 4.78 is 3.25. The molecule has 0 N–H and O–H groups in total. The maximum Gasteiger partial charge on any atom is 0.330 e. The number of aromatic nitrogens is 5. The van der Waals surface area contributed by atoms with Crippen molar-refractivity contribution in [3.8, 4) is 0 Å². The molecule has 8 heteroatoms. The van der Waals surface area contributed by atoms with Crippen LogP contribution in [0.5, 0.6) is 0 Å². The number of rotatable bonds is 2. The summed E-state index contributed by atoms with van der Waals surface area (Å²) in [7, 11) is 1.71. The van der Waals surface area contributed by atoms with E-state index < -0.39 is 0 Å². The molecule has 0 saturated carbocycles. The molecule has 8 nitrogen and oxygen atoms in total. The number of nitrogens with zero attached hydrogens (tertiary/aromatic N) is 6. The summed E-state index contributed by atoms with van der Waals surface area (Å²) in [5.74, 6) is -0.0549. The van der Waals surface area contributed by atoms with Crippen LogP contribution >= 0.6 is 0 Å². The molecule has 4 heterocycles. The first-order valence-electron chi connectivity index (χ1n) is 8.23. The van der Waals surface area contributed by atoms with Gasteiger partial charge in [-0.25, -0.2) is 14.8 Å². The highest BCUT2D eigenvalue weighted by molar-refractivity contribution is 5.94. The Balaban J connectivity index is 1.68. The first kappa shape index (κ1) is 15.5. The number of pyridine rings is 1. The fraction of sp³-hybridized carbons (Fsp3) is 0.353. The van der Waals surface area contributed by atoms with Crippen LogP contribution in [0.25, 0.3) is 11.2 Å². The summed E-state index contributed by atoms with van der Waals surface area (Å²) in [5, 5.41) is 0. The smallest absolute Gasteiger partial charge is 0.330 e. The molecule has 0 radical (unpaired) electrons. The van der Waals surface area contributed by atoms with Crippen molar-refractivity contribution in [1.29, 1.82) is 0 Å². The Bertz CT molecular complexity index is 978. The first-order valence-corrected chi connectivity index (χ1v) is 8.23. The number of hydrogen-bond donors (Lipinski definition) is 0. The van der Waals surface area contributed by atoms with Crippen LogP contribution in [0.3, 0.4) is 0 Å². The highest BCUT2D eigenvalue weighted by Crippen LogP contribution is 2.24. The van der Waals surface area contributed by atoms with Crippen LogP contribution in [0.4, 0.5) is 0 Å². The zero-order chi connectivity index (χ0) is 17.4. The molecule has 0 bridgehead atoms. The van der Waals surface area contributed by atoms with Gasteiger partial charge < -0.3 is 4.90 Å². The van der Waals surface area contributed by atoms with Crippen LogP contribution in [0.2, 0.25) is 0 Å². The lowest BCUT2D eigenvalue weighted by Gasteiger charge is -2.33. The molecular formula is C17H18N6O2. The number of amides is 1. The van der Waals surface area contributed by atoms with Gasteiger partial charge in [0.05, 0.1) is 17.8 Å². The molecule has 3 aromatic rings. The number of imidazole rings is 1. The van der Waals surface area contributed by atoms with E-state index in [0.717, 1.165) is 12.8 Å². The molecule has 0 aromatic carbocycles. The number of aryl methyl sites for hydroxylation is 1. The van der Waals surface area contributed by atoms with Gasteiger partial charge in [-0.3, -0.25) is 18.9 Å². The van der Waals surface area contributed by atoms with Crippen molar-refractivity contribution in [3.05, 3.63) is 53.1 Å². The molecule has 1 amide bonds. The average molecular weight is 338 g/mol. The van der Waals surface area contributed by atoms with E-state index in [0.29, 0.717) is 29.8 Å². The van der Waals surface area contributed by atoms with Gasteiger partial charge in [-0.1, -0.05) is 0 Å². The van der Waals surface area contributed by atoms with E-state index in [1.54, 1.807) is 51.8 Å². The van der Waals surface area contributed by atoms with Crippen LogP contribution < -0.4 is 5.69 Å². The van der Waals surface area contributed by atoms with E-state index in [-0.39, 0.29) is 17.6 Å². The third-order valence-electron chi connectivity index (χ3n) is 4.71. The molecule has 1 unspecified atom stereocenters. The normalized spacial score (nSPS) is 17.8. The fourth-order valence-electron chi connectivity index (χ4n) is 3.44. The van der Waals surface area contributed by atoms with Crippen LogP contribution in [0, 0.1) is 0 Å². The largest absolute Gasteiger partial charge is 0.337 e. The van der Waals surface area contributed by atoms with Crippen LogP contribution in [-0.2, 0) is 7.05 Å². The van der Waals surface area contributed by atoms with Gasteiger partial charge >= 0.3 is 5.69 Å². The van der Waals surface area contributed by atoms with E-state index in [4.69, 9.17) is 0 Å². The zero-order valence-electron chi connectivity index (χ0n) is 13.9. The maximum absolute atomic E-state index is 12.7. The van der Waals surface area contributed by atoms with Gasteiger partial charge in [-0.05, 0) is 25.0 Å². The van der Waals surface area contributed by atoms with E-state index in [9.17, 15) is 9.59 Å². The predicted octanol–water partition coefficient (Wildman–Crippen LogP) is 1.00. The van der Waals surface area contributed by atoms with Gasteiger partial charge in [0.25, 0.3) is 5.91 Å². The van der Waals surface area contributed by atoms with Crippen molar-refractivity contribution in [2.75, 3.05) is 13.1 Å². The van der Waals surface area contributed by atoms with E-state index in [2.05, 4.69) is 15.0 Å². The van der Waals surface area contributed by atoms with Crippen molar-refractivity contribution < 1.29 is 4.79 Å². The van der Waals surface area contributed by atoms with Crippen LogP contribution in [0.15, 0.2) is 41.8 Å². The standard InChI is InChI=1S/C17H18N6O2/c1-21-14-9-19-11-20-15(14)23(17(21)25)13-5-3-7-22(10-13)16(24)12-4-2-6-18-8-12/h2,4,6,8-9,11,13H,3,5,7,10H2,1H3. The molecule has 1 atom stereocenters. The van der Waals surface area contributed by atoms with Crippen molar-refractivity contribution in [2.45, 2.75) is 18.9 Å². The highest BCUT2D eigenvalue weighted by atomic mass is 16.2. The van der Waals surface area contributed by atoms with Gasteiger partial charge in [-0.2, -0.15) is 0 Å². The molecule has 4 rings (SSSR count). The third-order valence-corrected chi connectivity index (χ3v) is 4.71. The lowest BCUT2D eigenvalue weighted by molar-refractivity contribution is 0.0678. The van der Waals surface area contributed by atoms with Gasteiger partial charge in [-0.15, -0.1) is 0 Å². The number of carbonyl (C=O) groups is 1. The van der Waals surface area contributed by atoms with Crippen molar-refractivity contribution in [3.63, 3.8) is 0 Å². The Hall–Kier alpha value is -3.03. The summed E-state index contributed by atoms with van der Waals surface area (Å²) in [6, 6.07) is 3.41. The second-order valence-electron chi connectivity index (χ2n) is 6.23. The minimum atomic E-state index is -0.129. The average Bonchev–Trinajstić information content (AvgIpc) is 2.93. The SMILES string of the molecule is Cn1c(=O)n(C2CCCN(C(=O)c3cccnc3)C2)c2ncncc21. The Kier molecular flexibility index (Phi) is 3.79. The van der Waals surface area contributed by atoms with E-state index >= 15 is 0 Å². The minimum Gasteiger partial charge on any atom is -0.337 e. The highest BCUT2D eigenvalue weighted by Gasteiger charge is 2.28. The summed E-state index contributed by atoms with van der Waals surface area (Å²) in [6.45, 7) is 1.16. The second kappa shape index (κ2) is 6.12. The monoisotopic (exact) mass is 338 g/mol. The minimum absolute atomic E-state index is 0.0549. The third kappa shape index (κ3) is 2.59. The van der Waals surface area contributed by atoms with Gasteiger partial charge in [0.1, 0.15) is 11.8 Å². The molecule has 1 saturated heterocycles. The van der Waals surface area contributed by atoms with E-state index in [1.165, 1.54) is 6.33 Å². The molecule has 25 heavy (non-hydrogen) atoms. The molecule has 0 aliphatic carbocycles. The van der Waals surface area contributed by atoms with Crippen molar-refractivity contribution in [1.82, 2.24) is 29.0 Å². The number of fused-ring (bicyclic) bond motifs is 1. The van der Waals surface area contributed by atoms with Gasteiger partial charge in [0.2, 0.25) is 0 Å². The molecule has 128 valence electrons. The number of hydrogen-bond acceptors (Lipinski definition) is 5. The lowest BCUT2D eigenvalue weighted by atomic mass is 10.0. The quantitative estimate of drug-likeness (QED) is 0.696. The Morgan fingerprint density at radius 3 is 2.96 bits per heavy atom. The Morgan fingerprint density at radius 1 is 1.28 bits per heavy atom. The number of piperidine rings is 1. The number of likely N-dealkylation sites (tertiary alicyclic amines) is 1. The molecule has 1 fully saturated rings. The molecule has 0 spiro atoms. The Morgan fingerprint density at radius 2 is 2.16 bits per heavy atom. The van der Waals surface area contributed by atoms with Crippen LogP contribution in [0.1, 0.15) is 29.2 Å². The van der Waals surface area contributed by atoms with Gasteiger partial charge in [0.15, 0.2) is 5.65 Å². The molecule has 1 aliphatic heterocycles. The first-order chi connectivity index (χ1) is 12.2. The fourth-order valence-corrected chi connectivity index (χ4v) is 3.44. The predicted molar refractivity (Wildman–Crippen MR) is 91.2 cm³/mol. The van der Waals surface area contributed by atoms with Crippen molar-refractivity contribution in [2.24, 2.45) is 7.05 Å². The molecule has 3 aromatic heterocycles. The summed E-state index contributed by atoms with van der Waals surface area (Å²) in [6.07, 6.45) is 7.97. The topological polar surface area (TPSA) is 85.9 Å². The van der Waals surface area contributed by atoms with Crippen LogP contribution in [-0.4, -0.2) is 48.0 Å². The van der Waals surface area contributed by atoms with E-state index in [1.807, 2.05) is 0 Å². The summed E-state index contributed by atoms with van der Waals surface area (Å²) in [5.41, 5.74) is 1.75. The maximum atomic E-state index is 12.7. The second-order valence-corrected chi connectivity index (χ2v) is 6.23.